The molecule has 0 atom stereocenters. The smallest absolute Gasteiger partial charge is 0.277 e. The number of hydrogen-bond donors (Lipinski definition) is 2. The molecule has 0 unspecified atom stereocenters. The Hall–Kier alpha value is -3.87. The van der Waals surface area contributed by atoms with Gasteiger partial charge in [0.2, 0.25) is 5.95 Å². The zero-order valence-corrected chi connectivity index (χ0v) is 22.2. The van der Waals surface area contributed by atoms with E-state index in [2.05, 4.69) is 20.3 Å². The molecule has 0 spiro atoms. The summed E-state index contributed by atoms with van der Waals surface area (Å²) in [6.07, 6.45) is 1.62. The summed E-state index contributed by atoms with van der Waals surface area (Å²) in [5, 5.41) is 15.1. The van der Waals surface area contributed by atoms with Gasteiger partial charge in [0.1, 0.15) is 5.69 Å². The third-order valence-electron chi connectivity index (χ3n) is 5.54. The van der Waals surface area contributed by atoms with Crippen LogP contribution in [-0.2, 0) is 6.54 Å². The van der Waals surface area contributed by atoms with Crippen LogP contribution >= 0.6 is 22.7 Å². The van der Waals surface area contributed by atoms with E-state index < -0.39 is 5.60 Å². The Morgan fingerprint density at radius 1 is 1.22 bits per heavy atom. The maximum Gasteiger partial charge on any atom is 0.277 e. The molecule has 37 heavy (non-hydrogen) atoms. The average molecular weight is 537 g/mol. The Labute approximate surface area is 220 Å². The number of aliphatic hydroxyl groups is 1. The second-order valence-corrected chi connectivity index (χ2v) is 10.9. The van der Waals surface area contributed by atoms with Gasteiger partial charge in [0.25, 0.3) is 11.8 Å². The van der Waals surface area contributed by atoms with E-state index in [-0.39, 0.29) is 18.4 Å². The first-order chi connectivity index (χ1) is 17.6. The van der Waals surface area contributed by atoms with Crippen LogP contribution in [0.5, 0.6) is 0 Å². The van der Waals surface area contributed by atoms with E-state index in [9.17, 15) is 14.7 Å². The highest BCUT2D eigenvalue weighted by atomic mass is 32.1. The molecule has 0 saturated heterocycles. The van der Waals surface area contributed by atoms with E-state index in [0.29, 0.717) is 44.9 Å². The molecule has 2 amide bonds. The molecule has 0 aliphatic rings. The number of nitrogens with zero attached hydrogens (tertiary/aromatic N) is 5. The summed E-state index contributed by atoms with van der Waals surface area (Å²) in [5.41, 5.74) is 2.81. The summed E-state index contributed by atoms with van der Waals surface area (Å²) in [5.74, 6) is 0.863. The lowest BCUT2D eigenvalue weighted by Gasteiger charge is -2.20. The minimum absolute atomic E-state index is 0.194. The van der Waals surface area contributed by atoms with Crippen molar-refractivity contribution >= 4 is 57.2 Å². The van der Waals surface area contributed by atoms with Crippen molar-refractivity contribution in [2.45, 2.75) is 32.9 Å². The van der Waals surface area contributed by atoms with Crippen LogP contribution in [0.15, 0.2) is 51.8 Å². The first kappa shape index (κ1) is 24.8. The zero-order chi connectivity index (χ0) is 26.3. The van der Waals surface area contributed by atoms with Gasteiger partial charge in [-0.15, -0.1) is 22.7 Å². The first-order valence-electron chi connectivity index (χ1n) is 11.3. The summed E-state index contributed by atoms with van der Waals surface area (Å²) in [6, 6.07) is 8.91. The molecule has 0 fully saturated rings. The van der Waals surface area contributed by atoms with Crippen LogP contribution in [0.3, 0.4) is 0 Å². The van der Waals surface area contributed by atoms with E-state index in [0.717, 1.165) is 4.88 Å². The Bertz CT molecular complexity index is 1590. The van der Waals surface area contributed by atoms with Crippen LogP contribution in [0.25, 0.3) is 21.7 Å². The second-order valence-electron chi connectivity index (χ2n) is 9.11. The molecule has 1 aromatic carbocycles. The molecule has 4 aromatic heterocycles. The Balaban J connectivity index is 1.46. The first-order valence-corrected chi connectivity index (χ1v) is 13.1. The van der Waals surface area contributed by atoms with E-state index in [1.807, 2.05) is 6.07 Å². The van der Waals surface area contributed by atoms with Gasteiger partial charge in [0, 0.05) is 25.0 Å². The fraction of sp³-hybridized carbons (Fsp3) is 0.240. The molecule has 10 nitrogen and oxygen atoms in total. The van der Waals surface area contributed by atoms with Crippen LogP contribution in [0.4, 0.5) is 11.6 Å². The molecular formula is C25H24N6O4S2. The number of aryl methyl sites for hydroxylation is 1. The number of thiophene rings is 1. The Kier molecular flexibility index (Phi) is 6.40. The van der Waals surface area contributed by atoms with E-state index >= 15 is 0 Å². The summed E-state index contributed by atoms with van der Waals surface area (Å²) in [7, 11) is 1.67. The highest BCUT2D eigenvalue weighted by Gasteiger charge is 2.23. The summed E-state index contributed by atoms with van der Waals surface area (Å²) >= 11 is 2.63. The monoisotopic (exact) mass is 536 g/mol. The van der Waals surface area contributed by atoms with Crippen molar-refractivity contribution in [3.8, 4) is 10.6 Å². The SMILES string of the molecule is Cc1ncc(-c2ccc(C(=O)Nc3nc4cc(N(C)C(=O)c5cscn5)ccc4n3CC(C)(C)O)s2)o1. The number of rotatable bonds is 7. The lowest BCUT2D eigenvalue weighted by Crippen LogP contribution is -2.27. The van der Waals surface area contributed by atoms with Gasteiger partial charge in [-0.25, -0.2) is 15.0 Å². The van der Waals surface area contributed by atoms with Crippen molar-refractivity contribution in [3.63, 3.8) is 0 Å². The Morgan fingerprint density at radius 3 is 2.70 bits per heavy atom. The van der Waals surface area contributed by atoms with Gasteiger partial charge >= 0.3 is 0 Å². The maximum atomic E-state index is 13.1. The van der Waals surface area contributed by atoms with Gasteiger partial charge in [0.05, 0.1) is 44.6 Å². The van der Waals surface area contributed by atoms with Crippen molar-refractivity contribution in [1.82, 2.24) is 19.5 Å². The molecular weight excluding hydrogens is 512 g/mol. The van der Waals surface area contributed by atoms with Gasteiger partial charge in [-0.3, -0.25) is 14.9 Å². The lowest BCUT2D eigenvalue weighted by molar-refractivity contribution is 0.0630. The normalized spacial score (nSPS) is 11.7. The number of hydrogen-bond acceptors (Lipinski definition) is 9. The standard InChI is InChI=1S/C25H24N6O4S2/c1-14-26-10-19(35-14)20-7-8-21(37-20)22(32)29-24-28-16-9-15(30(4)23(33)17-11-36-13-27-17)5-6-18(16)31(24)12-25(2,3)34/h5-11,13,34H,12H2,1-4H3,(H,28,29,32). The molecule has 12 heteroatoms. The van der Waals surface area contributed by atoms with Crippen LogP contribution in [0.2, 0.25) is 0 Å². The van der Waals surface area contributed by atoms with Gasteiger partial charge in [0.15, 0.2) is 11.7 Å². The number of amides is 2. The molecule has 5 aromatic rings. The van der Waals surface area contributed by atoms with Crippen molar-refractivity contribution in [1.29, 1.82) is 0 Å². The number of carbonyl (C=O) groups is 2. The number of anilines is 2. The van der Waals surface area contributed by atoms with E-state index in [1.54, 1.807) is 73.7 Å². The second kappa shape index (κ2) is 9.54. The quantitative estimate of drug-likeness (QED) is 0.305. The summed E-state index contributed by atoms with van der Waals surface area (Å²) in [4.78, 5) is 41.5. The van der Waals surface area contributed by atoms with Crippen molar-refractivity contribution in [2.24, 2.45) is 0 Å². The van der Waals surface area contributed by atoms with Crippen LogP contribution in [0.1, 0.15) is 39.9 Å². The van der Waals surface area contributed by atoms with Crippen LogP contribution in [-0.4, -0.2) is 49.1 Å². The highest BCUT2D eigenvalue weighted by Crippen LogP contribution is 2.31. The van der Waals surface area contributed by atoms with Crippen molar-refractivity contribution < 1.29 is 19.1 Å². The third-order valence-corrected chi connectivity index (χ3v) is 7.22. The predicted molar refractivity (Wildman–Crippen MR) is 143 cm³/mol. The number of thiazole rings is 1. The minimum Gasteiger partial charge on any atom is -0.440 e. The maximum absolute atomic E-state index is 13.1. The van der Waals surface area contributed by atoms with E-state index in [4.69, 9.17) is 4.42 Å². The molecule has 0 bridgehead atoms. The van der Waals surface area contributed by atoms with Gasteiger partial charge in [-0.2, -0.15) is 0 Å². The van der Waals surface area contributed by atoms with Crippen LogP contribution < -0.4 is 10.2 Å². The number of nitrogens with one attached hydrogen (secondary N) is 1. The number of benzene rings is 1. The molecule has 0 radical (unpaired) electrons. The largest absolute Gasteiger partial charge is 0.440 e. The summed E-state index contributed by atoms with van der Waals surface area (Å²) < 4.78 is 7.32. The lowest BCUT2D eigenvalue weighted by atomic mass is 10.1. The topological polar surface area (TPSA) is 126 Å². The predicted octanol–water partition coefficient (Wildman–Crippen LogP) is 4.82. The molecule has 0 saturated carbocycles. The highest BCUT2D eigenvalue weighted by molar-refractivity contribution is 7.17. The zero-order valence-electron chi connectivity index (χ0n) is 20.6. The minimum atomic E-state index is -1.07. The van der Waals surface area contributed by atoms with Gasteiger partial charge in [-0.1, -0.05) is 0 Å². The Morgan fingerprint density at radius 2 is 2.03 bits per heavy atom. The fourth-order valence-corrected chi connectivity index (χ4v) is 5.18. The number of oxazole rings is 1. The third kappa shape index (κ3) is 5.17. The molecule has 0 aliphatic heterocycles. The molecule has 0 aliphatic carbocycles. The van der Waals surface area contributed by atoms with Crippen molar-refractivity contribution in [2.75, 3.05) is 17.3 Å². The summed E-state index contributed by atoms with van der Waals surface area (Å²) in [6.45, 7) is 5.32. The van der Waals surface area contributed by atoms with Crippen molar-refractivity contribution in [3.05, 3.63) is 63.9 Å². The van der Waals surface area contributed by atoms with Gasteiger partial charge < -0.3 is 19.0 Å². The molecule has 5 rings (SSSR count). The van der Waals surface area contributed by atoms with Crippen LogP contribution in [0, 0.1) is 6.92 Å². The number of aromatic nitrogens is 4. The number of fused-ring (bicyclic) bond motifs is 1. The average Bonchev–Trinajstić information content (AvgIpc) is 3.64. The van der Waals surface area contributed by atoms with Gasteiger partial charge in [-0.05, 0) is 44.2 Å². The van der Waals surface area contributed by atoms with E-state index in [1.165, 1.54) is 27.6 Å². The molecule has 2 N–H and O–H groups in total. The number of imidazole rings is 1. The molecule has 4 heterocycles. The number of carbonyl (C=O) groups excluding carboxylic acids is 2. The fourth-order valence-electron chi connectivity index (χ4n) is 3.81. The molecule has 190 valence electrons.